The van der Waals surface area contributed by atoms with E-state index >= 15 is 0 Å². The molecule has 6 N–H and O–H groups in total. The van der Waals surface area contributed by atoms with Gasteiger partial charge in [0.05, 0.1) is 17.3 Å². The number of aromatic nitrogens is 1. The lowest BCUT2D eigenvalue weighted by atomic mass is 10.1. The number of nitrogens with one attached hydrogen (secondary N) is 2. The number of H-pyrrole nitrogens is 1. The molecule has 4 aromatic rings. The number of para-hydroxylation sites is 1. The van der Waals surface area contributed by atoms with Gasteiger partial charge in [-0.3, -0.25) is 0 Å². The number of benzene rings is 3. The van der Waals surface area contributed by atoms with Crippen LogP contribution in [0, 0.1) is 0 Å². The highest BCUT2D eigenvalue weighted by atomic mass is 16.5. The highest BCUT2D eigenvalue weighted by Gasteiger charge is 2.09. The Kier molecular flexibility index (Phi) is 5.06. The smallest absolute Gasteiger partial charge is 0.138 e. The SMILES string of the molecule is Nc1cc(C(O)CNCCOc2ccc3c(c2)[nH]c2ccccc23)ccc1O. The number of hydrogen-bond acceptors (Lipinski definition) is 5. The van der Waals surface area contributed by atoms with E-state index in [0.29, 0.717) is 25.3 Å². The number of aromatic amines is 1. The first-order chi connectivity index (χ1) is 13.6. The lowest BCUT2D eigenvalue weighted by molar-refractivity contribution is 0.172. The molecule has 0 radical (unpaired) electrons. The van der Waals surface area contributed by atoms with Crippen LogP contribution in [-0.4, -0.2) is 34.9 Å². The first kappa shape index (κ1) is 18.2. The largest absolute Gasteiger partial charge is 0.506 e. The third-order valence-electron chi connectivity index (χ3n) is 4.80. The summed E-state index contributed by atoms with van der Waals surface area (Å²) in [6, 6.07) is 19.0. The van der Waals surface area contributed by atoms with Crippen LogP contribution in [0.2, 0.25) is 0 Å². The second-order valence-corrected chi connectivity index (χ2v) is 6.76. The van der Waals surface area contributed by atoms with Crippen molar-refractivity contribution >= 4 is 27.5 Å². The number of ether oxygens (including phenoxy) is 1. The van der Waals surface area contributed by atoms with Crippen LogP contribution in [0.4, 0.5) is 5.69 Å². The molecule has 1 aromatic heterocycles. The normalized spacial score (nSPS) is 12.5. The van der Waals surface area contributed by atoms with Gasteiger partial charge in [-0.2, -0.15) is 0 Å². The van der Waals surface area contributed by atoms with E-state index in [0.717, 1.165) is 16.8 Å². The van der Waals surface area contributed by atoms with Crippen LogP contribution in [0.15, 0.2) is 60.7 Å². The first-order valence-electron chi connectivity index (χ1n) is 9.22. The quantitative estimate of drug-likeness (QED) is 0.193. The number of hydrogen-bond donors (Lipinski definition) is 5. The topological polar surface area (TPSA) is 104 Å². The summed E-state index contributed by atoms with van der Waals surface area (Å²) in [7, 11) is 0. The third kappa shape index (κ3) is 3.74. The molecule has 6 heteroatoms. The fourth-order valence-corrected chi connectivity index (χ4v) is 3.30. The molecule has 0 amide bonds. The average Bonchev–Trinajstić information content (AvgIpc) is 3.07. The van der Waals surface area contributed by atoms with Crippen LogP contribution in [0.5, 0.6) is 11.5 Å². The van der Waals surface area contributed by atoms with E-state index in [1.54, 1.807) is 12.1 Å². The Morgan fingerprint density at radius 1 is 1.00 bits per heavy atom. The number of nitrogen functional groups attached to an aromatic ring is 1. The monoisotopic (exact) mass is 377 g/mol. The molecule has 0 saturated carbocycles. The molecule has 6 nitrogen and oxygen atoms in total. The van der Waals surface area contributed by atoms with Crippen LogP contribution < -0.4 is 15.8 Å². The zero-order chi connectivity index (χ0) is 19.5. The molecule has 0 fully saturated rings. The summed E-state index contributed by atoms with van der Waals surface area (Å²) >= 11 is 0. The molecule has 0 aliphatic heterocycles. The molecule has 28 heavy (non-hydrogen) atoms. The van der Waals surface area contributed by atoms with Gasteiger partial charge in [0.25, 0.3) is 0 Å². The molecule has 1 heterocycles. The summed E-state index contributed by atoms with van der Waals surface area (Å²) in [4.78, 5) is 3.40. The zero-order valence-corrected chi connectivity index (χ0v) is 15.4. The maximum Gasteiger partial charge on any atom is 0.138 e. The molecule has 0 aliphatic carbocycles. The fraction of sp³-hybridized carbons (Fsp3) is 0.182. The van der Waals surface area contributed by atoms with Gasteiger partial charge in [-0.15, -0.1) is 0 Å². The molecule has 0 spiro atoms. The van der Waals surface area contributed by atoms with Crippen LogP contribution in [-0.2, 0) is 0 Å². The Labute approximate surface area is 162 Å². The number of rotatable bonds is 7. The molecule has 1 unspecified atom stereocenters. The number of fused-ring (bicyclic) bond motifs is 3. The predicted molar refractivity (Wildman–Crippen MR) is 112 cm³/mol. The van der Waals surface area contributed by atoms with Crippen LogP contribution >= 0.6 is 0 Å². The van der Waals surface area contributed by atoms with Gasteiger partial charge in [-0.05, 0) is 35.9 Å². The maximum atomic E-state index is 10.2. The van der Waals surface area contributed by atoms with Gasteiger partial charge in [-0.25, -0.2) is 0 Å². The van der Waals surface area contributed by atoms with Crippen molar-refractivity contribution in [2.45, 2.75) is 6.10 Å². The van der Waals surface area contributed by atoms with E-state index in [1.807, 2.05) is 24.3 Å². The third-order valence-corrected chi connectivity index (χ3v) is 4.80. The second-order valence-electron chi connectivity index (χ2n) is 6.76. The summed E-state index contributed by atoms with van der Waals surface area (Å²) in [6.45, 7) is 1.44. The van der Waals surface area contributed by atoms with Gasteiger partial charge in [0.1, 0.15) is 18.1 Å². The minimum atomic E-state index is -0.703. The molecule has 3 aromatic carbocycles. The summed E-state index contributed by atoms with van der Waals surface area (Å²) in [5.41, 5.74) is 8.74. The van der Waals surface area contributed by atoms with E-state index in [2.05, 4.69) is 28.5 Å². The second kappa shape index (κ2) is 7.80. The summed E-state index contributed by atoms with van der Waals surface area (Å²) < 4.78 is 5.82. The van der Waals surface area contributed by atoms with E-state index in [9.17, 15) is 10.2 Å². The van der Waals surface area contributed by atoms with E-state index in [4.69, 9.17) is 10.5 Å². The van der Waals surface area contributed by atoms with Gasteiger partial charge in [0, 0.05) is 35.4 Å². The van der Waals surface area contributed by atoms with Crippen molar-refractivity contribution in [1.29, 1.82) is 0 Å². The van der Waals surface area contributed by atoms with Gasteiger partial charge in [-0.1, -0.05) is 24.3 Å². The molecular formula is C22H23N3O3. The van der Waals surface area contributed by atoms with Gasteiger partial charge < -0.3 is 31.0 Å². The molecule has 1 atom stereocenters. The Morgan fingerprint density at radius 2 is 1.82 bits per heavy atom. The molecule has 144 valence electrons. The number of aromatic hydroxyl groups is 1. The Bertz CT molecular complexity index is 1110. The van der Waals surface area contributed by atoms with Crippen molar-refractivity contribution in [3.63, 3.8) is 0 Å². The van der Waals surface area contributed by atoms with Crippen molar-refractivity contribution in [1.82, 2.24) is 10.3 Å². The zero-order valence-electron chi connectivity index (χ0n) is 15.4. The predicted octanol–water partition coefficient (Wildman–Crippen LogP) is 3.31. The van der Waals surface area contributed by atoms with Crippen LogP contribution in [0.25, 0.3) is 21.8 Å². The highest BCUT2D eigenvalue weighted by Crippen LogP contribution is 2.28. The Morgan fingerprint density at radius 3 is 2.68 bits per heavy atom. The summed E-state index contributed by atoms with van der Waals surface area (Å²) in [5, 5.41) is 25.2. The van der Waals surface area contributed by atoms with Gasteiger partial charge >= 0.3 is 0 Å². The van der Waals surface area contributed by atoms with Crippen LogP contribution in [0.3, 0.4) is 0 Å². The van der Waals surface area contributed by atoms with Gasteiger partial charge in [0.15, 0.2) is 0 Å². The van der Waals surface area contributed by atoms with Crippen molar-refractivity contribution in [2.24, 2.45) is 0 Å². The first-order valence-corrected chi connectivity index (χ1v) is 9.22. The highest BCUT2D eigenvalue weighted by molar-refractivity contribution is 6.07. The maximum absolute atomic E-state index is 10.2. The number of phenolic OH excluding ortho intramolecular Hbond substituents is 1. The van der Waals surface area contributed by atoms with E-state index in [-0.39, 0.29) is 11.4 Å². The minimum absolute atomic E-state index is 0.0178. The molecule has 4 rings (SSSR count). The van der Waals surface area contributed by atoms with Crippen molar-refractivity contribution in [3.8, 4) is 11.5 Å². The van der Waals surface area contributed by atoms with Gasteiger partial charge in [0.2, 0.25) is 0 Å². The number of phenols is 1. The molecular weight excluding hydrogens is 354 g/mol. The van der Waals surface area contributed by atoms with Crippen molar-refractivity contribution in [3.05, 3.63) is 66.2 Å². The average molecular weight is 377 g/mol. The minimum Gasteiger partial charge on any atom is -0.506 e. The number of aliphatic hydroxyl groups excluding tert-OH is 1. The Hall–Kier alpha value is -3.22. The molecule has 0 saturated heterocycles. The van der Waals surface area contributed by atoms with E-state index < -0.39 is 6.10 Å². The van der Waals surface area contributed by atoms with E-state index in [1.165, 1.54) is 16.8 Å². The molecule has 0 aliphatic rings. The summed E-state index contributed by atoms with van der Waals surface area (Å²) in [5.74, 6) is 0.817. The van der Waals surface area contributed by atoms with Crippen molar-refractivity contribution < 1.29 is 14.9 Å². The number of anilines is 1. The standard InChI is InChI=1S/C22H23N3O3/c23-18-11-14(5-8-21(18)26)22(27)13-24-9-10-28-15-6-7-17-16-3-1-2-4-19(16)25-20(17)12-15/h1-8,11-12,22,24-27H,9-10,13,23H2. The number of aliphatic hydroxyl groups is 1. The van der Waals surface area contributed by atoms with Crippen molar-refractivity contribution in [2.75, 3.05) is 25.4 Å². The number of nitrogens with two attached hydrogens (primary N) is 1. The van der Waals surface area contributed by atoms with Crippen LogP contribution in [0.1, 0.15) is 11.7 Å². The Balaban J connectivity index is 1.29. The lowest BCUT2D eigenvalue weighted by Crippen LogP contribution is -2.26. The fourth-order valence-electron chi connectivity index (χ4n) is 3.30. The lowest BCUT2D eigenvalue weighted by Gasteiger charge is -2.13. The molecule has 0 bridgehead atoms. The summed E-state index contributed by atoms with van der Waals surface area (Å²) in [6.07, 6.45) is -0.703.